The van der Waals surface area contributed by atoms with Crippen LogP contribution in [-0.4, -0.2) is 22.6 Å². The van der Waals surface area contributed by atoms with E-state index in [4.69, 9.17) is 9.15 Å². The average molecular weight is 375 g/mol. The predicted octanol–water partition coefficient (Wildman–Crippen LogP) is 2.57. The third-order valence-corrected chi connectivity index (χ3v) is 4.57. The smallest absolute Gasteiger partial charge is 0.273 e. The molecule has 2 aromatic rings. The molecule has 1 heterocycles. The quantitative estimate of drug-likeness (QED) is 0.811. The molecule has 2 rings (SSSR count). The maximum Gasteiger partial charge on any atom is 0.273 e. The third kappa shape index (κ3) is 3.78. The number of ether oxygens (including phenoxy) is 1. The van der Waals surface area contributed by atoms with Crippen molar-refractivity contribution in [3.8, 4) is 5.75 Å². The summed E-state index contributed by atoms with van der Waals surface area (Å²) in [5, 5.41) is 3.03. The van der Waals surface area contributed by atoms with E-state index in [2.05, 4.69) is 26.0 Å². The number of furan rings is 1. The molecule has 6 nitrogen and oxygen atoms in total. The van der Waals surface area contributed by atoms with E-state index in [0.29, 0.717) is 18.1 Å². The van der Waals surface area contributed by atoms with Crippen LogP contribution < -0.4 is 14.8 Å². The van der Waals surface area contributed by atoms with Gasteiger partial charge < -0.3 is 14.5 Å². The van der Waals surface area contributed by atoms with E-state index in [9.17, 15) is 8.42 Å². The minimum atomic E-state index is -3.56. The monoisotopic (exact) mass is 374 g/mol. The Hall–Kier alpha value is -1.51. The Kier molecular flexibility index (Phi) is 4.92. The van der Waals surface area contributed by atoms with Gasteiger partial charge in [0.15, 0.2) is 0 Å². The highest BCUT2D eigenvalue weighted by Crippen LogP contribution is 2.28. The van der Waals surface area contributed by atoms with Crippen molar-refractivity contribution in [3.63, 3.8) is 0 Å². The molecule has 1 aromatic carbocycles. The molecule has 0 spiro atoms. The molecule has 8 heteroatoms. The van der Waals surface area contributed by atoms with Gasteiger partial charge in [0.1, 0.15) is 11.5 Å². The Morgan fingerprint density at radius 2 is 2.05 bits per heavy atom. The van der Waals surface area contributed by atoms with Crippen LogP contribution in [0.2, 0.25) is 0 Å². The lowest BCUT2D eigenvalue weighted by molar-refractivity contribution is 0.411. The van der Waals surface area contributed by atoms with Gasteiger partial charge in [-0.3, -0.25) is 0 Å². The fourth-order valence-electron chi connectivity index (χ4n) is 1.70. The van der Waals surface area contributed by atoms with E-state index in [0.717, 1.165) is 10.2 Å². The Balaban J connectivity index is 2.12. The molecule has 1 aromatic heterocycles. The molecule has 0 aliphatic heterocycles. The molecule has 0 unspecified atom stereocenters. The zero-order valence-corrected chi connectivity index (χ0v) is 13.9. The predicted molar refractivity (Wildman–Crippen MR) is 83.0 cm³/mol. The maximum atomic E-state index is 11.6. The topological polar surface area (TPSA) is 80.6 Å². The van der Waals surface area contributed by atoms with Gasteiger partial charge in [0.2, 0.25) is 5.09 Å². The average Bonchev–Trinajstić information content (AvgIpc) is 2.95. The van der Waals surface area contributed by atoms with Gasteiger partial charge >= 0.3 is 0 Å². The molecule has 0 bridgehead atoms. The summed E-state index contributed by atoms with van der Waals surface area (Å²) >= 11 is 3.38. The molecule has 114 valence electrons. The molecule has 0 fully saturated rings. The second-order valence-corrected chi connectivity index (χ2v) is 6.86. The second kappa shape index (κ2) is 6.50. The number of methoxy groups -OCH3 is 1. The number of anilines is 1. The van der Waals surface area contributed by atoms with Gasteiger partial charge in [0.05, 0.1) is 19.3 Å². The lowest BCUT2D eigenvalue weighted by Gasteiger charge is -2.10. The molecular formula is C13H15BrN2O4S. The molecule has 0 amide bonds. The third-order valence-electron chi connectivity index (χ3n) is 2.79. The zero-order chi connectivity index (χ0) is 15.5. The number of benzene rings is 1. The van der Waals surface area contributed by atoms with Gasteiger partial charge in [-0.05, 0) is 37.4 Å². The normalized spacial score (nSPS) is 11.4. The van der Waals surface area contributed by atoms with Crippen LogP contribution in [0.4, 0.5) is 5.69 Å². The molecule has 0 saturated heterocycles. The van der Waals surface area contributed by atoms with Crippen molar-refractivity contribution in [1.82, 2.24) is 4.72 Å². The minimum Gasteiger partial charge on any atom is -0.495 e. The number of hydrogen-bond acceptors (Lipinski definition) is 5. The van der Waals surface area contributed by atoms with Crippen LogP contribution >= 0.6 is 15.9 Å². The van der Waals surface area contributed by atoms with Crippen LogP contribution in [0.1, 0.15) is 5.76 Å². The molecule has 0 radical (unpaired) electrons. The Bertz CT molecular complexity index is 728. The molecule has 0 saturated carbocycles. The fourth-order valence-corrected chi connectivity index (χ4v) is 2.73. The van der Waals surface area contributed by atoms with Gasteiger partial charge in [0.25, 0.3) is 10.0 Å². The van der Waals surface area contributed by atoms with Crippen molar-refractivity contribution in [2.75, 3.05) is 19.5 Å². The van der Waals surface area contributed by atoms with E-state index < -0.39 is 10.0 Å². The van der Waals surface area contributed by atoms with Crippen LogP contribution in [0.25, 0.3) is 0 Å². The van der Waals surface area contributed by atoms with E-state index in [1.54, 1.807) is 13.2 Å². The summed E-state index contributed by atoms with van der Waals surface area (Å²) in [6.07, 6.45) is 0. The number of hydrogen-bond donors (Lipinski definition) is 2. The Morgan fingerprint density at radius 3 is 2.71 bits per heavy atom. The van der Waals surface area contributed by atoms with E-state index in [1.165, 1.54) is 13.1 Å². The van der Waals surface area contributed by atoms with Gasteiger partial charge in [0, 0.05) is 4.47 Å². The Morgan fingerprint density at radius 1 is 1.29 bits per heavy atom. The van der Waals surface area contributed by atoms with Crippen LogP contribution in [0, 0.1) is 0 Å². The summed E-state index contributed by atoms with van der Waals surface area (Å²) in [4.78, 5) is 0. The lowest BCUT2D eigenvalue weighted by atomic mass is 10.3. The highest BCUT2D eigenvalue weighted by molar-refractivity contribution is 9.10. The molecular weight excluding hydrogens is 360 g/mol. The number of halogens is 1. The number of sulfonamides is 1. The fraction of sp³-hybridized carbons (Fsp3) is 0.231. The highest BCUT2D eigenvalue weighted by Gasteiger charge is 2.16. The number of nitrogens with one attached hydrogen (secondary N) is 2. The summed E-state index contributed by atoms with van der Waals surface area (Å²) in [5.74, 6) is 1.19. The first kappa shape index (κ1) is 15.9. The SMILES string of the molecule is CNS(=O)(=O)c1ccc(CNc2cc(Br)ccc2OC)o1. The summed E-state index contributed by atoms with van der Waals surface area (Å²) in [6, 6.07) is 8.59. The van der Waals surface area contributed by atoms with Gasteiger partial charge in [-0.15, -0.1) is 0 Å². The zero-order valence-electron chi connectivity index (χ0n) is 11.5. The van der Waals surface area contributed by atoms with Crippen molar-refractivity contribution in [2.45, 2.75) is 11.6 Å². The summed E-state index contributed by atoms with van der Waals surface area (Å²) in [6.45, 7) is 0.339. The van der Waals surface area contributed by atoms with Crippen molar-refractivity contribution in [2.24, 2.45) is 0 Å². The Labute approximate surface area is 131 Å². The van der Waals surface area contributed by atoms with E-state index in [1.807, 2.05) is 18.2 Å². The molecule has 2 N–H and O–H groups in total. The van der Waals surface area contributed by atoms with Crippen LogP contribution in [0.15, 0.2) is 44.3 Å². The summed E-state index contributed by atoms with van der Waals surface area (Å²) in [7, 11) is -0.639. The van der Waals surface area contributed by atoms with Gasteiger partial charge in [-0.25, -0.2) is 13.1 Å². The van der Waals surface area contributed by atoms with E-state index >= 15 is 0 Å². The molecule has 0 aliphatic rings. The lowest BCUT2D eigenvalue weighted by Crippen LogP contribution is -2.17. The van der Waals surface area contributed by atoms with Gasteiger partial charge in [-0.1, -0.05) is 15.9 Å². The maximum absolute atomic E-state index is 11.6. The van der Waals surface area contributed by atoms with Crippen molar-refractivity contribution in [3.05, 3.63) is 40.6 Å². The summed E-state index contributed by atoms with van der Waals surface area (Å²) in [5.41, 5.74) is 0.779. The van der Waals surface area contributed by atoms with Crippen molar-refractivity contribution >= 4 is 31.6 Å². The van der Waals surface area contributed by atoms with E-state index in [-0.39, 0.29) is 5.09 Å². The largest absolute Gasteiger partial charge is 0.495 e. The first-order valence-electron chi connectivity index (χ1n) is 6.06. The van der Waals surface area contributed by atoms with Crippen molar-refractivity contribution < 1.29 is 17.6 Å². The number of rotatable bonds is 6. The standard InChI is InChI=1S/C13H15BrN2O4S/c1-15-21(17,18)13-6-4-10(20-13)8-16-11-7-9(14)3-5-12(11)19-2/h3-7,15-16H,8H2,1-2H3. The van der Waals surface area contributed by atoms with Crippen LogP contribution in [0.5, 0.6) is 5.75 Å². The highest BCUT2D eigenvalue weighted by atomic mass is 79.9. The minimum absolute atomic E-state index is 0.108. The van der Waals surface area contributed by atoms with Crippen molar-refractivity contribution in [1.29, 1.82) is 0 Å². The second-order valence-electron chi connectivity index (χ2n) is 4.13. The van der Waals surface area contributed by atoms with Crippen LogP contribution in [-0.2, 0) is 16.6 Å². The van der Waals surface area contributed by atoms with Crippen LogP contribution in [0.3, 0.4) is 0 Å². The molecule has 21 heavy (non-hydrogen) atoms. The summed E-state index contributed by atoms with van der Waals surface area (Å²) < 4.78 is 36.8. The molecule has 0 aliphatic carbocycles. The molecule has 0 atom stereocenters. The first-order valence-corrected chi connectivity index (χ1v) is 8.33. The van der Waals surface area contributed by atoms with Gasteiger partial charge in [-0.2, -0.15) is 0 Å². The first-order chi connectivity index (χ1) is 9.96.